The summed E-state index contributed by atoms with van der Waals surface area (Å²) >= 11 is 0. The van der Waals surface area contributed by atoms with Gasteiger partial charge in [-0.2, -0.15) is 0 Å². The van der Waals surface area contributed by atoms with Crippen LogP contribution < -0.4 is 42.5 Å². The number of ether oxygens (including phenoxy) is 1. The zero-order chi connectivity index (χ0) is 46.9. The molecular weight excluding hydrogens is 851 g/mol. The van der Waals surface area contributed by atoms with Crippen LogP contribution in [0.15, 0.2) is 60.8 Å². The Morgan fingerprint density at radius 1 is 0.708 bits per heavy atom. The van der Waals surface area contributed by atoms with Crippen molar-refractivity contribution in [3.05, 3.63) is 71.9 Å². The van der Waals surface area contributed by atoms with Gasteiger partial charge >= 0.3 is 0 Å². The lowest BCUT2D eigenvalue weighted by molar-refractivity contribution is -0.253. The van der Waals surface area contributed by atoms with Crippen LogP contribution in [0.1, 0.15) is 44.2 Å². The van der Waals surface area contributed by atoms with Gasteiger partial charge in [-0.1, -0.05) is 62.4 Å². The zero-order valence-corrected chi connectivity index (χ0v) is 35.6. The van der Waals surface area contributed by atoms with Crippen LogP contribution >= 0.6 is 0 Å². The first-order chi connectivity index (χ1) is 31.0. The third-order valence-electron chi connectivity index (χ3n) is 11.4. The fourth-order valence-corrected chi connectivity index (χ4v) is 7.91. The second kappa shape index (κ2) is 21.5. The van der Waals surface area contributed by atoms with Crippen molar-refractivity contribution >= 4 is 58.2 Å². The first-order valence-corrected chi connectivity index (χ1v) is 21.3. The number of carbonyl (C=O) groups is 8. The van der Waals surface area contributed by atoms with Gasteiger partial charge < -0.3 is 72.7 Å². The third-order valence-corrected chi connectivity index (χ3v) is 11.4. The SMILES string of the molecule is CC(C)C[C@@H]1NC(=O)[C@H]2CNC(=O)C[C@@H](NC(=O)[C@H](CC(=O)N[C@H]3[C@@H](O)[C@H](O)[C@@H](CO)O[C@H]3O)NC1=O)C(=O)N[C@@H](Cc1c[nH]c3ccccc13)C(=O)N[C@@H](Cc1ccccc1)C(=O)N2. The Kier molecular flexibility index (Phi) is 15.9. The van der Waals surface area contributed by atoms with Crippen LogP contribution in [0.25, 0.3) is 10.9 Å². The minimum atomic E-state index is -1.93. The number of aromatic nitrogens is 1. The molecule has 3 saturated heterocycles. The molecule has 0 radical (unpaired) electrons. The Morgan fingerprint density at radius 3 is 2.02 bits per heavy atom. The molecule has 65 heavy (non-hydrogen) atoms. The van der Waals surface area contributed by atoms with E-state index in [4.69, 9.17) is 4.74 Å². The number of amides is 8. The van der Waals surface area contributed by atoms with Crippen molar-refractivity contribution in [3.8, 4) is 0 Å². The van der Waals surface area contributed by atoms with Gasteiger partial charge in [0.2, 0.25) is 47.3 Å². The molecule has 3 aliphatic rings. The Bertz CT molecular complexity index is 2240. The van der Waals surface area contributed by atoms with Gasteiger partial charge in [-0.3, -0.25) is 38.4 Å². The summed E-state index contributed by atoms with van der Waals surface area (Å²) in [4.78, 5) is 116. The Hall–Kier alpha value is -6.46. The van der Waals surface area contributed by atoms with Crippen molar-refractivity contribution < 1.29 is 63.5 Å². The predicted molar refractivity (Wildman–Crippen MR) is 227 cm³/mol. The van der Waals surface area contributed by atoms with E-state index < -0.39 is 140 Å². The smallest absolute Gasteiger partial charge is 0.245 e. The molecule has 3 aliphatic heterocycles. The molecular formula is C43H55N9O13. The highest BCUT2D eigenvalue weighted by Crippen LogP contribution is 2.21. The molecule has 0 saturated carbocycles. The number of aliphatic hydroxyl groups excluding tert-OH is 4. The van der Waals surface area contributed by atoms with E-state index in [2.05, 4.69) is 47.5 Å². The molecule has 3 aromatic rings. The largest absolute Gasteiger partial charge is 0.394 e. The lowest BCUT2D eigenvalue weighted by Crippen LogP contribution is -2.65. The van der Waals surface area contributed by atoms with Gasteiger partial charge in [0.05, 0.1) is 19.4 Å². The summed E-state index contributed by atoms with van der Waals surface area (Å²) in [6, 6.07) is 4.85. The third kappa shape index (κ3) is 12.2. The number of hydrogen-bond donors (Lipinski definition) is 13. The summed E-state index contributed by atoms with van der Waals surface area (Å²) in [6.07, 6.45) is -7.23. The fraction of sp³-hybridized carbons (Fsp3) is 0.488. The van der Waals surface area contributed by atoms with Crippen molar-refractivity contribution in [2.75, 3.05) is 13.2 Å². The summed E-state index contributed by atoms with van der Waals surface area (Å²) in [6.45, 7) is 2.17. The Balaban J connectivity index is 1.38. The molecule has 8 amide bonds. The topological polar surface area (TPSA) is 339 Å². The van der Waals surface area contributed by atoms with Gasteiger partial charge in [0.15, 0.2) is 6.29 Å². The van der Waals surface area contributed by atoms with E-state index in [0.29, 0.717) is 11.1 Å². The second-order valence-electron chi connectivity index (χ2n) is 16.8. The molecule has 22 nitrogen and oxygen atoms in total. The Labute approximate surface area is 372 Å². The fourth-order valence-electron chi connectivity index (χ4n) is 7.91. The van der Waals surface area contributed by atoms with Crippen LogP contribution in [0, 0.1) is 5.92 Å². The average Bonchev–Trinajstić information content (AvgIpc) is 3.68. The zero-order valence-electron chi connectivity index (χ0n) is 35.6. The van der Waals surface area contributed by atoms with E-state index in [1.54, 1.807) is 74.6 Å². The second-order valence-corrected chi connectivity index (χ2v) is 16.8. The maximum atomic E-state index is 14.4. The molecule has 0 spiro atoms. The van der Waals surface area contributed by atoms with Gasteiger partial charge in [-0.25, -0.2) is 0 Å². The highest BCUT2D eigenvalue weighted by atomic mass is 16.6. The van der Waals surface area contributed by atoms with Crippen LogP contribution in [0.4, 0.5) is 0 Å². The maximum Gasteiger partial charge on any atom is 0.245 e. The van der Waals surface area contributed by atoms with Crippen molar-refractivity contribution in [2.45, 2.75) is 113 Å². The van der Waals surface area contributed by atoms with Crippen LogP contribution in [0.2, 0.25) is 0 Å². The highest BCUT2D eigenvalue weighted by molar-refractivity contribution is 6.01. The van der Waals surface area contributed by atoms with Gasteiger partial charge in [-0.15, -0.1) is 0 Å². The molecule has 350 valence electrons. The van der Waals surface area contributed by atoms with Crippen molar-refractivity contribution in [2.24, 2.45) is 5.92 Å². The minimum Gasteiger partial charge on any atom is -0.394 e. The van der Waals surface area contributed by atoms with E-state index in [0.717, 1.165) is 10.9 Å². The monoisotopic (exact) mass is 905 g/mol. The van der Waals surface area contributed by atoms with Gasteiger partial charge in [0.25, 0.3) is 0 Å². The lowest BCUT2D eigenvalue weighted by atomic mass is 9.96. The number of aromatic amines is 1. The van der Waals surface area contributed by atoms with Crippen LogP contribution in [-0.2, 0) is 55.9 Å². The molecule has 2 bridgehead atoms. The molecule has 0 aliphatic carbocycles. The summed E-state index contributed by atoms with van der Waals surface area (Å²) in [5.74, 6) is -7.96. The number of aliphatic hydroxyl groups is 4. The van der Waals surface area contributed by atoms with E-state index >= 15 is 0 Å². The van der Waals surface area contributed by atoms with E-state index in [1.165, 1.54) is 0 Å². The van der Waals surface area contributed by atoms with E-state index in [-0.39, 0.29) is 25.2 Å². The maximum absolute atomic E-state index is 14.4. The number of nitrogens with one attached hydrogen (secondary N) is 9. The first-order valence-electron chi connectivity index (χ1n) is 21.3. The summed E-state index contributed by atoms with van der Waals surface area (Å²) < 4.78 is 5.11. The Morgan fingerprint density at radius 2 is 1.29 bits per heavy atom. The quantitative estimate of drug-likeness (QED) is 0.0919. The van der Waals surface area contributed by atoms with Crippen LogP contribution in [0.5, 0.6) is 0 Å². The molecule has 1 aromatic heterocycles. The molecule has 11 atom stereocenters. The van der Waals surface area contributed by atoms with Crippen molar-refractivity contribution in [3.63, 3.8) is 0 Å². The normalized spacial score (nSPS) is 29.7. The number of para-hydroxylation sites is 1. The van der Waals surface area contributed by atoms with Gasteiger partial charge in [-0.05, 0) is 29.5 Å². The van der Waals surface area contributed by atoms with Crippen molar-refractivity contribution in [1.82, 2.24) is 47.5 Å². The number of rotatable bonds is 10. The molecule has 6 rings (SSSR count). The molecule has 13 N–H and O–H groups in total. The van der Waals surface area contributed by atoms with Gasteiger partial charge in [0.1, 0.15) is 60.6 Å². The number of hydrogen-bond acceptors (Lipinski definition) is 13. The predicted octanol–water partition coefficient (Wildman–Crippen LogP) is -4.25. The lowest BCUT2D eigenvalue weighted by Gasteiger charge is -2.40. The minimum absolute atomic E-state index is 0.0254. The molecule has 0 unspecified atom stereocenters. The number of H-pyrrole nitrogens is 1. The molecule has 4 heterocycles. The summed E-state index contributed by atoms with van der Waals surface area (Å²) in [5, 5.41) is 61.9. The number of fused-ring (bicyclic) bond motifs is 6. The average molecular weight is 906 g/mol. The standard InChI is InChI=1S/C43H55N9O13/c1-20(2)12-25-37(58)50-29(16-33(55)52-34-36(57)35(56)31(19-53)65-43(34)64)41(62)49-28-15-32(54)45-18-30(42(63)46-25)51-38(59)26(13-21-8-4-3-5-9-21)47-39(60)27(48-40(28)61)14-22-17-44-24-11-7-6-10-23(22)24/h3-11,17,20,25-31,34-36,43-44,53,56-57,64H,12-16,18-19H2,1-2H3,(H,45,54)(H,46,63)(H,47,60)(H,48,61)(H,49,62)(H,50,58)(H,51,59)(H,52,55)/t25-,26-,27-,28+,29-,30+,31+,34-,35+,36+,43+/m0/s1. The molecule has 22 heteroatoms. The summed E-state index contributed by atoms with van der Waals surface area (Å²) in [5.41, 5.74) is 1.95. The van der Waals surface area contributed by atoms with Crippen LogP contribution in [0.3, 0.4) is 0 Å². The molecule has 2 aromatic carbocycles. The van der Waals surface area contributed by atoms with Crippen LogP contribution in [-0.4, -0.2) is 153 Å². The number of carbonyl (C=O) groups excluding carboxylic acids is 8. The number of benzene rings is 2. The van der Waals surface area contributed by atoms with Crippen molar-refractivity contribution in [1.29, 1.82) is 0 Å². The molecule has 3 fully saturated rings. The summed E-state index contributed by atoms with van der Waals surface area (Å²) in [7, 11) is 0. The highest BCUT2D eigenvalue weighted by Gasteiger charge is 2.45. The van der Waals surface area contributed by atoms with E-state index in [1.807, 2.05) is 0 Å². The van der Waals surface area contributed by atoms with E-state index in [9.17, 15) is 58.8 Å². The first kappa shape index (κ1) is 48.0. The van der Waals surface area contributed by atoms with Gasteiger partial charge in [0, 0.05) is 36.5 Å².